The first-order valence-electron chi connectivity index (χ1n) is 8.49. The number of hydrogen-bond donors (Lipinski definition) is 2. The van der Waals surface area contributed by atoms with Crippen LogP contribution in [0.3, 0.4) is 0 Å². The Kier molecular flexibility index (Phi) is 6.30. The van der Waals surface area contributed by atoms with Crippen molar-refractivity contribution in [2.75, 3.05) is 39.3 Å². The van der Waals surface area contributed by atoms with Crippen molar-refractivity contribution in [2.24, 2.45) is 11.8 Å². The van der Waals surface area contributed by atoms with Gasteiger partial charge in [0, 0.05) is 32.7 Å². The second-order valence-corrected chi connectivity index (χ2v) is 6.85. The summed E-state index contributed by atoms with van der Waals surface area (Å²) in [5.41, 5.74) is 0. The van der Waals surface area contributed by atoms with E-state index in [1.54, 1.807) is 0 Å². The normalized spacial score (nSPS) is 26.6. The third-order valence-corrected chi connectivity index (χ3v) is 4.95. The highest BCUT2D eigenvalue weighted by Gasteiger charge is 2.25. The number of amides is 2. The molecule has 0 radical (unpaired) electrons. The molecule has 2 fully saturated rings. The maximum Gasteiger partial charge on any atom is 0.317 e. The lowest BCUT2D eigenvalue weighted by Gasteiger charge is -2.34. The summed E-state index contributed by atoms with van der Waals surface area (Å²) in [5.74, 6) is 1.14. The number of rotatable bonds is 4. The van der Waals surface area contributed by atoms with Gasteiger partial charge in [0.05, 0.1) is 6.10 Å². The van der Waals surface area contributed by atoms with Crippen molar-refractivity contribution in [2.45, 2.75) is 45.6 Å². The van der Waals surface area contributed by atoms with Crippen molar-refractivity contribution in [3.8, 4) is 0 Å². The van der Waals surface area contributed by atoms with E-state index in [9.17, 15) is 9.90 Å². The zero-order valence-electron chi connectivity index (χ0n) is 13.6. The van der Waals surface area contributed by atoms with Crippen LogP contribution in [0.25, 0.3) is 0 Å². The zero-order valence-corrected chi connectivity index (χ0v) is 13.6. The minimum Gasteiger partial charge on any atom is -0.393 e. The fourth-order valence-corrected chi connectivity index (χ4v) is 3.51. The summed E-state index contributed by atoms with van der Waals surface area (Å²) in [5, 5.41) is 12.6. The summed E-state index contributed by atoms with van der Waals surface area (Å²) in [4.78, 5) is 16.5. The van der Waals surface area contributed by atoms with E-state index in [0.717, 1.165) is 51.5 Å². The van der Waals surface area contributed by atoms with Crippen molar-refractivity contribution < 1.29 is 9.90 Å². The van der Waals surface area contributed by atoms with Crippen molar-refractivity contribution >= 4 is 6.03 Å². The molecule has 0 spiro atoms. The number of aliphatic hydroxyl groups is 1. The van der Waals surface area contributed by atoms with E-state index >= 15 is 0 Å². The quantitative estimate of drug-likeness (QED) is 0.827. The molecule has 2 rings (SSSR count). The van der Waals surface area contributed by atoms with Gasteiger partial charge in [0.25, 0.3) is 0 Å². The summed E-state index contributed by atoms with van der Waals surface area (Å²) >= 11 is 0. The molecule has 0 aromatic carbocycles. The molecular weight excluding hydrogens is 266 g/mol. The Bertz CT molecular complexity index is 327. The first kappa shape index (κ1) is 16.6. The van der Waals surface area contributed by atoms with E-state index < -0.39 is 0 Å². The van der Waals surface area contributed by atoms with Crippen LogP contribution < -0.4 is 5.32 Å². The molecule has 2 unspecified atom stereocenters. The lowest BCUT2D eigenvalue weighted by molar-refractivity contribution is 0.0796. The van der Waals surface area contributed by atoms with Crippen molar-refractivity contribution in [3.63, 3.8) is 0 Å². The Labute approximate surface area is 128 Å². The van der Waals surface area contributed by atoms with Gasteiger partial charge < -0.3 is 20.2 Å². The molecule has 122 valence electrons. The highest BCUT2D eigenvalue weighted by atomic mass is 16.3. The van der Waals surface area contributed by atoms with Crippen LogP contribution in [0.1, 0.15) is 39.5 Å². The number of aliphatic hydroxyl groups excluding tert-OH is 1. The minimum absolute atomic E-state index is 0.0594. The largest absolute Gasteiger partial charge is 0.393 e. The topological polar surface area (TPSA) is 55.8 Å². The Balaban J connectivity index is 1.61. The molecule has 2 saturated heterocycles. The summed E-state index contributed by atoms with van der Waals surface area (Å²) in [6.07, 6.45) is 4.18. The molecule has 2 N–H and O–H groups in total. The summed E-state index contributed by atoms with van der Waals surface area (Å²) in [6.45, 7) is 9.71. The molecule has 0 aromatic heterocycles. The fourth-order valence-electron chi connectivity index (χ4n) is 3.51. The Morgan fingerprint density at radius 1 is 1.29 bits per heavy atom. The van der Waals surface area contributed by atoms with Gasteiger partial charge in [-0.05, 0) is 51.0 Å². The number of likely N-dealkylation sites (tertiary alicyclic amines) is 2. The van der Waals surface area contributed by atoms with Gasteiger partial charge >= 0.3 is 6.03 Å². The first-order valence-corrected chi connectivity index (χ1v) is 8.49. The molecule has 2 aliphatic heterocycles. The second-order valence-electron chi connectivity index (χ2n) is 6.85. The van der Waals surface area contributed by atoms with Gasteiger partial charge in [0.1, 0.15) is 0 Å². The monoisotopic (exact) mass is 297 g/mol. The van der Waals surface area contributed by atoms with Crippen molar-refractivity contribution in [3.05, 3.63) is 0 Å². The number of carbonyl (C=O) groups is 1. The van der Waals surface area contributed by atoms with Crippen LogP contribution in [-0.4, -0.2) is 66.3 Å². The van der Waals surface area contributed by atoms with Gasteiger partial charge in [-0.2, -0.15) is 0 Å². The van der Waals surface area contributed by atoms with E-state index in [-0.39, 0.29) is 12.1 Å². The third kappa shape index (κ3) is 5.15. The van der Waals surface area contributed by atoms with Crippen LogP contribution in [0.4, 0.5) is 4.79 Å². The number of nitrogens with one attached hydrogen (secondary N) is 1. The number of piperidine rings is 2. The SMILES string of the molecule is CC1CCCN(CCNC(=O)N2CCC(C(C)O)CC2)C1. The maximum absolute atomic E-state index is 12.1. The Morgan fingerprint density at radius 3 is 2.62 bits per heavy atom. The molecule has 0 saturated carbocycles. The third-order valence-electron chi connectivity index (χ3n) is 4.95. The molecule has 21 heavy (non-hydrogen) atoms. The lowest BCUT2D eigenvalue weighted by atomic mass is 9.92. The van der Waals surface area contributed by atoms with Crippen molar-refractivity contribution in [1.29, 1.82) is 0 Å². The molecule has 0 aromatic rings. The molecule has 2 atom stereocenters. The fraction of sp³-hybridized carbons (Fsp3) is 0.938. The molecule has 2 aliphatic rings. The smallest absolute Gasteiger partial charge is 0.317 e. The molecule has 2 heterocycles. The predicted molar refractivity (Wildman–Crippen MR) is 84.2 cm³/mol. The van der Waals surface area contributed by atoms with Crippen LogP contribution in [0, 0.1) is 11.8 Å². The maximum atomic E-state index is 12.1. The average molecular weight is 297 g/mol. The number of nitrogens with zero attached hydrogens (tertiary/aromatic N) is 2. The highest BCUT2D eigenvalue weighted by Crippen LogP contribution is 2.20. The van der Waals surface area contributed by atoms with E-state index in [2.05, 4.69) is 17.1 Å². The van der Waals surface area contributed by atoms with E-state index in [1.807, 2.05) is 11.8 Å². The zero-order chi connectivity index (χ0) is 15.2. The Hall–Kier alpha value is -0.810. The average Bonchev–Trinajstić information content (AvgIpc) is 2.47. The van der Waals surface area contributed by atoms with E-state index in [4.69, 9.17) is 0 Å². The van der Waals surface area contributed by atoms with Crippen LogP contribution in [0.2, 0.25) is 0 Å². The van der Waals surface area contributed by atoms with Gasteiger partial charge in [0.2, 0.25) is 0 Å². The summed E-state index contributed by atoms with van der Waals surface area (Å²) in [6, 6.07) is 0.0594. The predicted octanol–water partition coefficient (Wildman–Crippen LogP) is 1.52. The van der Waals surface area contributed by atoms with Crippen LogP contribution >= 0.6 is 0 Å². The van der Waals surface area contributed by atoms with Gasteiger partial charge in [-0.1, -0.05) is 6.92 Å². The first-order chi connectivity index (χ1) is 10.1. The number of urea groups is 1. The van der Waals surface area contributed by atoms with Gasteiger partial charge in [-0.25, -0.2) is 4.79 Å². The van der Waals surface area contributed by atoms with Crippen LogP contribution in [-0.2, 0) is 0 Å². The second kappa shape index (κ2) is 7.99. The van der Waals surface area contributed by atoms with E-state index in [0.29, 0.717) is 5.92 Å². The molecule has 0 bridgehead atoms. The van der Waals surface area contributed by atoms with Gasteiger partial charge in [0.15, 0.2) is 0 Å². The highest BCUT2D eigenvalue weighted by molar-refractivity contribution is 5.74. The number of hydrogen-bond acceptors (Lipinski definition) is 3. The standard InChI is InChI=1S/C16H31N3O2/c1-13-4-3-8-18(12-13)11-7-17-16(21)19-9-5-15(6-10-19)14(2)20/h13-15,20H,3-12H2,1-2H3,(H,17,21). The summed E-state index contributed by atoms with van der Waals surface area (Å²) in [7, 11) is 0. The van der Waals surface area contributed by atoms with Crippen molar-refractivity contribution in [1.82, 2.24) is 15.1 Å². The van der Waals surface area contributed by atoms with Crippen LogP contribution in [0.5, 0.6) is 0 Å². The van der Waals surface area contributed by atoms with Gasteiger partial charge in [-0.3, -0.25) is 0 Å². The minimum atomic E-state index is -0.253. The van der Waals surface area contributed by atoms with Gasteiger partial charge in [-0.15, -0.1) is 0 Å². The molecular formula is C16H31N3O2. The van der Waals surface area contributed by atoms with Crippen LogP contribution in [0.15, 0.2) is 0 Å². The molecule has 5 nitrogen and oxygen atoms in total. The number of carbonyl (C=O) groups excluding carboxylic acids is 1. The molecule has 5 heteroatoms. The lowest BCUT2D eigenvalue weighted by Crippen LogP contribution is -2.48. The van der Waals surface area contributed by atoms with E-state index in [1.165, 1.54) is 19.4 Å². The summed E-state index contributed by atoms with van der Waals surface area (Å²) < 4.78 is 0. The molecule has 0 aliphatic carbocycles. The molecule has 2 amide bonds. The Morgan fingerprint density at radius 2 is 2.00 bits per heavy atom.